The number of nitrogens with two attached hydrogens (primary N) is 1. The van der Waals surface area contributed by atoms with Crippen molar-refractivity contribution in [2.75, 3.05) is 25.4 Å². The quantitative estimate of drug-likeness (QED) is 0.334. The van der Waals surface area contributed by atoms with Crippen LogP contribution in [-0.4, -0.2) is 85.9 Å². The van der Waals surface area contributed by atoms with E-state index in [0.29, 0.717) is 29.9 Å². The third-order valence-corrected chi connectivity index (χ3v) is 7.60. The Labute approximate surface area is 253 Å². The summed E-state index contributed by atoms with van der Waals surface area (Å²) in [5, 5.41) is 3.11. The Hall–Kier alpha value is -3.32. The maximum atomic E-state index is 12.7. The molecule has 0 bridgehead atoms. The number of nitrogen functional groups attached to an aromatic ring is 1. The SMILES string of the molecule is CCCN(CC[C@@H](Cc1ccccc1)NC(=O)OC(C)(C)C)C[C@H]1OC(n2cnc3c(N)ncnc32)C2OC(C)(C)O[C@@H]21. The van der Waals surface area contributed by atoms with Crippen molar-refractivity contribution in [1.82, 2.24) is 29.7 Å². The summed E-state index contributed by atoms with van der Waals surface area (Å²) in [5.41, 5.74) is 7.75. The number of imidazole rings is 1. The summed E-state index contributed by atoms with van der Waals surface area (Å²) in [6, 6.07) is 10.1. The van der Waals surface area contributed by atoms with E-state index in [0.717, 1.165) is 31.5 Å². The van der Waals surface area contributed by atoms with E-state index in [1.807, 2.05) is 57.4 Å². The molecule has 2 aromatic heterocycles. The molecule has 0 radical (unpaired) electrons. The molecule has 2 aliphatic heterocycles. The van der Waals surface area contributed by atoms with Crippen molar-refractivity contribution < 1.29 is 23.7 Å². The molecular formula is C31H45N7O5. The number of benzene rings is 1. The number of amides is 1. The minimum atomic E-state index is -0.756. The van der Waals surface area contributed by atoms with Crippen LogP contribution in [0.25, 0.3) is 11.2 Å². The van der Waals surface area contributed by atoms with Gasteiger partial charge in [-0.1, -0.05) is 37.3 Å². The first-order valence-electron chi connectivity index (χ1n) is 15.1. The first-order chi connectivity index (χ1) is 20.4. The smallest absolute Gasteiger partial charge is 0.407 e. The van der Waals surface area contributed by atoms with Gasteiger partial charge in [0.25, 0.3) is 0 Å². The first kappa shape index (κ1) is 31.1. The van der Waals surface area contributed by atoms with Crippen LogP contribution in [0.4, 0.5) is 10.6 Å². The molecule has 2 unspecified atom stereocenters. The minimum absolute atomic E-state index is 0.103. The van der Waals surface area contributed by atoms with Gasteiger partial charge in [0.1, 0.15) is 35.8 Å². The number of anilines is 1. The van der Waals surface area contributed by atoms with Gasteiger partial charge in [0.2, 0.25) is 0 Å². The standard InChI is InChI=1S/C31H45N7O5/c1-7-14-37(15-13-21(16-20-11-9-8-10-12-20)36-29(39)43-30(2,3)4)17-22-24-25(42-31(5,6)41-24)28(40-22)38-19-35-23-26(32)33-18-34-27(23)38/h8-12,18-19,21-22,24-25,28H,7,13-17H2,1-6H3,(H,36,39)(H2,32,33,34)/t21-,22+,24+,25?,28?/m0/s1. The highest BCUT2D eigenvalue weighted by Gasteiger charge is 2.56. The number of hydrogen-bond acceptors (Lipinski definition) is 10. The largest absolute Gasteiger partial charge is 0.444 e. The molecule has 0 spiro atoms. The van der Waals surface area contributed by atoms with Gasteiger partial charge in [0.05, 0.1) is 6.33 Å². The van der Waals surface area contributed by atoms with Crippen LogP contribution in [0.3, 0.4) is 0 Å². The Bertz CT molecular complexity index is 1380. The van der Waals surface area contributed by atoms with Crippen LogP contribution in [0.5, 0.6) is 0 Å². The van der Waals surface area contributed by atoms with Gasteiger partial charge < -0.3 is 34.9 Å². The van der Waals surface area contributed by atoms with E-state index in [1.54, 1.807) is 6.33 Å². The number of aromatic nitrogens is 4. The summed E-state index contributed by atoms with van der Waals surface area (Å²) >= 11 is 0. The summed E-state index contributed by atoms with van der Waals surface area (Å²) in [5.74, 6) is -0.439. The zero-order valence-electron chi connectivity index (χ0n) is 26.0. The molecule has 3 aromatic rings. The van der Waals surface area contributed by atoms with Gasteiger partial charge in [-0.05, 0) is 66.0 Å². The normalized spacial score (nSPS) is 23.9. The van der Waals surface area contributed by atoms with E-state index in [2.05, 4.69) is 44.2 Å². The van der Waals surface area contributed by atoms with Crippen molar-refractivity contribution in [3.8, 4) is 0 Å². The van der Waals surface area contributed by atoms with Gasteiger partial charge in [0, 0.05) is 19.1 Å². The Morgan fingerprint density at radius 3 is 2.60 bits per heavy atom. The van der Waals surface area contributed by atoms with Crippen LogP contribution >= 0.6 is 0 Å². The van der Waals surface area contributed by atoms with Crippen LogP contribution < -0.4 is 11.1 Å². The lowest BCUT2D eigenvalue weighted by Gasteiger charge is -2.30. The van der Waals surface area contributed by atoms with Crippen LogP contribution in [0.1, 0.15) is 66.2 Å². The molecule has 5 atom stereocenters. The second-order valence-corrected chi connectivity index (χ2v) is 12.8. The molecule has 0 saturated carbocycles. The van der Waals surface area contributed by atoms with Gasteiger partial charge >= 0.3 is 6.09 Å². The fraction of sp³-hybridized carbons (Fsp3) is 0.613. The van der Waals surface area contributed by atoms with E-state index < -0.39 is 23.7 Å². The van der Waals surface area contributed by atoms with E-state index in [-0.39, 0.29) is 24.4 Å². The topological polar surface area (TPSA) is 139 Å². The molecule has 4 heterocycles. The molecule has 2 fully saturated rings. The van der Waals surface area contributed by atoms with Crippen LogP contribution in [0, 0.1) is 0 Å². The van der Waals surface area contributed by atoms with Crippen LogP contribution in [0.2, 0.25) is 0 Å². The molecule has 1 amide bonds. The zero-order valence-corrected chi connectivity index (χ0v) is 26.0. The summed E-state index contributed by atoms with van der Waals surface area (Å²) in [6.07, 6.45) is 3.73. The molecule has 3 N–H and O–H groups in total. The van der Waals surface area contributed by atoms with Crippen molar-refractivity contribution >= 4 is 23.1 Å². The van der Waals surface area contributed by atoms with E-state index in [4.69, 9.17) is 24.7 Å². The summed E-state index contributed by atoms with van der Waals surface area (Å²) in [6.45, 7) is 13.9. The third kappa shape index (κ3) is 7.61. The molecular weight excluding hydrogens is 550 g/mol. The Kier molecular flexibility index (Phi) is 9.21. The second kappa shape index (κ2) is 12.7. The second-order valence-electron chi connectivity index (χ2n) is 12.8. The molecule has 234 valence electrons. The molecule has 0 aliphatic carbocycles. The zero-order chi connectivity index (χ0) is 30.8. The van der Waals surface area contributed by atoms with Crippen molar-refractivity contribution in [1.29, 1.82) is 0 Å². The van der Waals surface area contributed by atoms with Crippen molar-refractivity contribution in [3.05, 3.63) is 48.5 Å². The predicted octanol–water partition coefficient (Wildman–Crippen LogP) is 4.06. The Morgan fingerprint density at radius 1 is 1.14 bits per heavy atom. The number of nitrogens with one attached hydrogen (secondary N) is 1. The monoisotopic (exact) mass is 595 g/mol. The molecule has 5 rings (SSSR count). The van der Waals surface area contributed by atoms with Gasteiger partial charge in [-0.2, -0.15) is 0 Å². The fourth-order valence-electron chi connectivity index (χ4n) is 5.89. The number of fused-ring (bicyclic) bond motifs is 2. The lowest BCUT2D eigenvalue weighted by atomic mass is 10.0. The average molecular weight is 596 g/mol. The van der Waals surface area contributed by atoms with Gasteiger partial charge in [-0.3, -0.25) is 4.57 Å². The molecule has 12 nitrogen and oxygen atoms in total. The number of carbonyl (C=O) groups is 1. The lowest BCUT2D eigenvalue weighted by molar-refractivity contribution is -0.198. The number of ether oxygens (including phenoxy) is 4. The highest BCUT2D eigenvalue weighted by Crippen LogP contribution is 2.44. The lowest BCUT2D eigenvalue weighted by Crippen LogP contribution is -2.44. The Balaban J connectivity index is 1.31. The Morgan fingerprint density at radius 2 is 1.88 bits per heavy atom. The maximum Gasteiger partial charge on any atom is 0.407 e. The summed E-state index contributed by atoms with van der Waals surface area (Å²) < 4.78 is 26.8. The van der Waals surface area contributed by atoms with Crippen molar-refractivity contribution in [2.24, 2.45) is 0 Å². The fourth-order valence-corrected chi connectivity index (χ4v) is 5.89. The first-order valence-corrected chi connectivity index (χ1v) is 15.1. The molecule has 43 heavy (non-hydrogen) atoms. The minimum Gasteiger partial charge on any atom is -0.444 e. The number of carbonyl (C=O) groups excluding carboxylic acids is 1. The van der Waals surface area contributed by atoms with E-state index in [1.165, 1.54) is 6.33 Å². The van der Waals surface area contributed by atoms with Crippen molar-refractivity contribution in [3.63, 3.8) is 0 Å². The highest BCUT2D eigenvalue weighted by molar-refractivity contribution is 5.81. The molecule has 1 aromatic carbocycles. The number of rotatable bonds is 11. The summed E-state index contributed by atoms with van der Waals surface area (Å²) in [7, 11) is 0. The highest BCUT2D eigenvalue weighted by atomic mass is 16.8. The predicted molar refractivity (Wildman–Crippen MR) is 162 cm³/mol. The molecule has 12 heteroatoms. The number of alkyl carbamates (subject to hydrolysis) is 1. The average Bonchev–Trinajstić information content (AvgIpc) is 3.58. The number of nitrogens with zero attached hydrogens (tertiary/aromatic N) is 5. The van der Waals surface area contributed by atoms with E-state index in [9.17, 15) is 4.79 Å². The maximum absolute atomic E-state index is 12.7. The molecule has 2 aliphatic rings. The van der Waals surface area contributed by atoms with Gasteiger partial charge in [-0.15, -0.1) is 0 Å². The molecule has 2 saturated heterocycles. The van der Waals surface area contributed by atoms with Crippen molar-refractivity contribution in [2.45, 2.75) is 103 Å². The number of hydrogen-bond donors (Lipinski definition) is 2. The van der Waals surface area contributed by atoms with Gasteiger partial charge in [-0.25, -0.2) is 19.7 Å². The third-order valence-electron chi connectivity index (χ3n) is 7.60. The summed E-state index contributed by atoms with van der Waals surface area (Å²) in [4.78, 5) is 28.0. The van der Waals surface area contributed by atoms with Crippen LogP contribution in [0.15, 0.2) is 43.0 Å². The van der Waals surface area contributed by atoms with E-state index >= 15 is 0 Å². The van der Waals surface area contributed by atoms with Gasteiger partial charge in [0.15, 0.2) is 23.5 Å². The van der Waals surface area contributed by atoms with Crippen LogP contribution in [-0.2, 0) is 25.4 Å².